The van der Waals surface area contributed by atoms with E-state index in [0.717, 1.165) is 35.8 Å². The zero-order chi connectivity index (χ0) is 20.4. The fourth-order valence-electron chi connectivity index (χ4n) is 3.66. The van der Waals surface area contributed by atoms with Crippen molar-refractivity contribution < 1.29 is 18.7 Å². The second kappa shape index (κ2) is 7.80. The van der Waals surface area contributed by atoms with E-state index in [9.17, 15) is 9.59 Å². The van der Waals surface area contributed by atoms with Crippen molar-refractivity contribution in [1.29, 1.82) is 5.26 Å². The lowest BCUT2D eigenvalue weighted by Gasteiger charge is -2.14. The summed E-state index contributed by atoms with van der Waals surface area (Å²) in [6.45, 7) is 1.50. The maximum absolute atomic E-state index is 12.4. The van der Waals surface area contributed by atoms with Crippen LogP contribution in [-0.2, 0) is 33.6 Å². The van der Waals surface area contributed by atoms with Gasteiger partial charge < -0.3 is 14.5 Å². The minimum Gasteiger partial charge on any atom is -0.464 e. The summed E-state index contributed by atoms with van der Waals surface area (Å²) in [6, 6.07) is 12.8. The van der Waals surface area contributed by atoms with Gasteiger partial charge in [-0.3, -0.25) is 9.59 Å². The molecule has 0 fully saturated rings. The van der Waals surface area contributed by atoms with E-state index in [1.165, 1.54) is 18.1 Å². The number of benzene rings is 2. The average Bonchev–Trinajstić information content (AvgIpc) is 3.33. The van der Waals surface area contributed by atoms with Crippen LogP contribution in [0.1, 0.15) is 35.6 Å². The van der Waals surface area contributed by atoms with E-state index in [1.54, 1.807) is 30.5 Å². The molecule has 29 heavy (non-hydrogen) atoms. The number of esters is 1. The summed E-state index contributed by atoms with van der Waals surface area (Å²) in [6.07, 6.45) is 3.86. The Balaban J connectivity index is 1.41. The van der Waals surface area contributed by atoms with Crippen molar-refractivity contribution in [3.63, 3.8) is 0 Å². The number of hydrogen-bond acceptors (Lipinski definition) is 5. The number of furan rings is 1. The number of nitrogens with one attached hydrogen (secondary N) is 1. The zero-order valence-corrected chi connectivity index (χ0v) is 16.0. The van der Waals surface area contributed by atoms with Crippen molar-refractivity contribution in [3.05, 3.63) is 64.9 Å². The summed E-state index contributed by atoms with van der Waals surface area (Å²) in [5, 5.41) is 12.7. The van der Waals surface area contributed by atoms with Crippen LogP contribution in [0.4, 0.5) is 5.69 Å². The quantitative estimate of drug-likeness (QED) is 0.669. The van der Waals surface area contributed by atoms with Crippen LogP contribution in [0.2, 0.25) is 0 Å². The smallest absolute Gasteiger partial charge is 0.311 e. The van der Waals surface area contributed by atoms with Crippen LogP contribution < -0.4 is 5.32 Å². The number of nitrogens with zero attached hydrogens (tertiary/aromatic N) is 1. The molecule has 0 spiro atoms. The van der Waals surface area contributed by atoms with Gasteiger partial charge in [-0.2, -0.15) is 5.26 Å². The second-order valence-electron chi connectivity index (χ2n) is 7.19. The Labute approximate surface area is 168 Å². The van der Waals surface area contributed by atoms with Crippen LogP contribution in [-0.4, -0.2) is 18.0 Å². The third-order valence-electron chi connectivity index (χ3n) is 5.19. The monoisotopic (exact) mass is 388 g/mol. The van der Waals surface area contributed by atoms with Crippen LogP contribution >= 0.6 is 0 Å². The zero-order valence-electron chi connectivity index (χ0n) is 16.0. The lowest BCUT2D eigenvalue weighted by molar-refractivity contribution is -0.152. The molecule has 0 radical (unpaired) electrons. The van der Waals surface area contributed by atoms with Gasteiger partial charge in [0.2, 0.25) is 0 Å². The van der Waals surface area contributed by atoms with Gasteiger partial charge in [-0.1, -0.05) is 12.1 Å². The molecule has 0 bridgehead atoms. The van der Waals surface area contributed by atoms with E-state index >= 15 is 0 Å². The molecule has 1 unspecified atom stereocenters. The molecule has 1 heterocycles. The van der Waals surface area contributed by atoms with Crippen LogP contribution in [0.5, 0.6) is 0 Å². The maximum Gasteiger partial charge on any atom is 0.311 e. The van der Waals surface area contributed by atoms with E-state index in [2.05, 4.69) is 17.4 Å². The van der Waals surface area contributed by atoms with E-state index in [-0.39, 0.29) is 6.42 Å². The first-order valence-corrected chi connectivity index (χ1v) is 9.56. The summed E-state index contributed by atoms with van der Waals surface area (Å²) in [5.41, 5.74) is 4.87. The van der Waals surface area contributed by atoms with Gasteiger partial charge in [0.15, 0.2) is 6.10 Å². The molecular formula is C23H20N2O4. The molecule has 1 aliphatic carbocycles. The molecule has 0 saturated heterocycles. The molecule has 1 aromatic heterocycles. The van der Waals surface area contributed by atoms with Crippen LogP contribution in [0, 0.1) is 11.3 Å². The fourth-order valence-corrected chi connectivity index (χ4v) is 3.66. The number of para-hydroxylation sites is 1. The molecule has 1 atom stereocenters. The Morgan fingerprint density at radius 1 is 1.24 bits per heavy atom. The van der Waals surface area contributed by atoms with Gasteiger partial charge in [0, 0.05) is 10.9 Å². The predicted molar refractivity (Wildman–Crippen MR) is 107 cm³/mol. The number of carbonyl (C=O) groups excluding carboxylic acids is 2. The van der Waals surface area contributed by atoms with Crippen molar-refractivity contribution in [2.24, 2.45) is 0 Å². The molecule has 1 N–H and O–H groups in total. The van der Waals surface area contributed by atoms with Gasteiger partial charge in [0.25, 0.3) is 5.91 Å². The van der Waals surface area contributed by atoms with Crippen LogP contribution in [0.25, 0.3) is 11.0 Å². The van der Waals surface area contributed by atoms with Gasteiger partial charge in [-0.05, 0) is 61.6 Å². The highest BCUT2D eigenvalue weighted by atomic mass is 16.5. The molecule has 0 saturated carbocycles. The number of nitriles is 1. The Bertz CT molecular complexity index is 1140. The molecule has 2 aromatic carbocycles. The Kier molecular flexibility index (Phi) is 5.05. The fraction of sp³-hybridized carbons (Fsp3) is 0.261. The molecule has 6 nitrogen and oxygen atoms in total. The molecule has 1 aliphatic rings. The molecule has 0 aliphatic heterocycles. The summed E-state index contributed by atoms with van der Waals surface area (Å²) >= 11 is 0. The SMILES string of the molecule is CC(OC(=O)Cc1coc2cc3c(cc12)CCC3)C(=O)Nc1ccccc1C#N. The largest absolute Gasteiger partial charge is 0.464 e. The van der Waals surface area contributed by atoms with Gasteiger partial charge >= 0.3 is 5.97 Å². The normalized spacial score (nSPS) is 13.5. The van der Waals surface area contributed by atoms with E-state index in [0.29, 0.717) is 11.3 Å². The van der Waals surface area contributed by atoms with Gasteiger partial charge in [0.1, 0.15) is 11.7 Å². The topological polar surface area (TPSA) is 92.3 Å². The minimum atomic E-state index is -0.989. The Morgan fingerprint density at radius 2 is 2.00 bits per heavy atom. The lowest BCUT2D eigenvalue weighted by Crippen LogP contribution is -2.30. The van der Waals surface area contributed by atoms with Gasteiger partial charge in [-0.15, -0.1) is 0 Å². The summed E-state index contributed by atoms with van der Waals surface area (Å²) in [4.78, 5) is 24.7. The number of rotatable bonds is 5. The second-order valence-corrected chi connectivity index (χ2v) is 7.19. The third-order valence-corrected chi connectivity index (χ3v) is 5.19. The van der Waals surface area contributed by atoms with Crippen molar-refractivity contribution in [1.82, 2.24) is 0 Å². The van der Waals surface area contributed by atoms with Gasteiger partial charge in [-0.25, -0.2) is 0 Å². The van der Waals surface area contributed by atoms with E-state index < -0.39 is 18.0 Å². The Hall–Kier alpha value is -3.59. The summed E-state index contributed by atoms with van der Waals surface area (Å²) < 4.78 is 10.9. The number of fused-ring (bicyclic) bond motifs is 2. The lowest BCUT2D eigenvalue weighted by atomic mass is 10.0. The standard InChI is InChI=1S/C23H20N2O4/c1-14(23(27)25-20-8-3-2-5-17(20)12-24)29-22(26)11-18-13-28-21-10-16-7-4-6-15(16)9-19(18)21/h2-3,5,8-10,13-14H,4,6-7,11H2,1H3,(H,25,27). The maximum atomic E-state index is 12.4. The van der Waals surface area contributed by atoms with Crippen LogP contribution in [0.3, 0.4) is 0 Å². The number of ether oxygens (including phenoxy) is 1. The van der Waals surface area contributed by atoms with E-state index in [4.69, 9.17) is 14.4 Å². The average molecular weight is 388 g/mol. The molecule has 146 valence electrons. The Morgan fingerprint density at radius 3 is 2.79 bits per heavy atom. The number of hydrogen-bond donors (Lipinski definition) is 1. The number of carbonyl (C=O) groups is 2. The van der Waals surface area contributed by atoms with Crippen molar-refractivity contribution in [2.45, 2.75) is 38.7 Å². The summed E-state index contributed by atoms with van der Waals surface area (Å²) in [5.74, 6) is -1.000. The number of amides is 1. The highest BCUT2D eigenvalue weighted by Gasteiger charge is 2.21. The first-order valence-electron chi connectivity index (χ1n) is 9.56. The van der Waals surface area contributed by atoms with Crippen molar-refractivity contribution in [2.75, 3.05) is 5.32 Å². The number of anilines is 1. The highest BCUT2D eigenvalue weighted by molar-refractivity contribution is 5.96. The first-order chi connectivity index (χ1) is 14.0. The third kappa shape index (κ3) is 3.85. The molecular weight excluding hydrogens is 368 g/mol. The molecule has 6 heteroatoms. The predicted octanol–water partition coefficient (Wildman–Crippen LogP) is 3.91. The van der Waals surface area contributed by atoms with Crippen LogP contribution in [0.15, 0.2) is 47.1 Å². The number of aryl methyl sites for hydroxylation is 2. The first kappa shape index (κ1) is 18.8. The summed E-state index contributed by atoms with van der Waals surface area (Å²) in [7, 11) is 0. The molecule has 1 amide bonds. The minimum absolute atomic E-state index is 0.0260. The highest BCUT2D eigenvalue weighted by Crippen LogP contribution is 2.30. The molecule has 3 aromatic rings. The van der Waals surface area contributed by atoms with Gasteiger partial charge in [0.05, 0.1) is 23.9 Å². The van der Waals surface area contributed by atoms with E-state index in [1.807, 2.05) is 6.07 Å². The van der Waals surface area contributed by atoms with Crippen molar-refractivity contribution in [3.8, 4) is 6.07 Å². The van der Waals surface area contributed by atoms with Crippen molar-refractivity contribution >= 4 is 28.5 Å². The molecule has 4 rings (SSSR count).